The van der Waals surface area contributed by atoms with Gasteiger partial charge < -0.3 is 14.8 Å². The van der Waals surface area contributed by atoms with Crippen LogP contribution in [0.25, 0.3) is 0 Å². The molecule has 0 unspecified atom stereocenters. The van der Waals surface area contributed by atoms with Crippen LogP contribution in [0.2, 0.25) is 0 Å². The largest absolute Gasteiger partial charge is 0.490 e. The molecule has 2 amide bonds. The van der Waals surface area contributed by atoms with Gasteiger partial charge in [-0.3, -0.25) is 9.59 Å². The first kappa shape index (κ1) is 19.9. The van der Waals surface area contributed by atoms with Gasteiger partial charge in [-0.15, -0.1) is 0 Å². The van der Waals surface area contributed by atoms with Crippen LogP contribution >= 0.6 is 0 Å². The molecule has 0 radical (unpaired) electrons. The van der Waals surface area contributed by atoms with Crippen molar-refractivity contribution >= 4 is 23.8 Å². The molecule has 2 rings (SSSR count). The maximum Gasteiger partial charge on any atom is 0.329 e. The molecule has 2 N–H and O–H groups in total. The van der Waals surface area contributed by atoms with Crippen molar-refractivity contribution in [2.75, 3.05) is 18.5 Å². The first-order valence-corrected chi connectivity index (χ1v) is 8.59. The van der Waals surface area contributed by atoms with Gasteiger partial charge in [-0.2, -0.15) is 5.10 Å². The molecule has 0 atom stereocenters. The summed E-state index contributed by atoms with van der Waals surface area (Å²) in [5.74, 6) is -0.233. The summed E-state index contributed by atoms with van der Waals surface area (Å²) in [6, 6.07) is 10.3. The third-order valence-electron chi connectivity index (χ3n) is 3.22. The lowest BCUT2D eigenvalue weighted by molar-refractivity contribution is -0.136. The van der Waals surface area contributed by atoms with Gasteiger partial charge in [0.15, 0.2) is 11.5 Å². The number of carbonyl (C=O) groups excluding carboxylic acids is 2. The average molecular weight is 370 g/mol. The summed E-state index contributed by atoms with van der Waals surface area (Å²) in [6.45, 7) is 4.99. The van der Waals surface area contributed by atoms with Crippen LogP contribution in [0, 0.1) is 0 Å². The van der Waals surface area contributed by atoms with Gasteiger partial charge in [-0.05, 0) is 49.2 Å². The second-order valence-corrected chi connectivity index (χ2v) is 5.36. The van der Waals surface area contributed by atoms with Crippen molar-refractivity contribution in [1.82, 2.24) is 10.4 Å². The van der Waals surface area contributed by atoms with Gasteiger partial charge in [0.25, 0.3) is 0 Å². The zero-order valence-electron chi connectivity index (χ0n) is 15.3. The Bertz CT molecular complexity index is 794. The molecule has 0 aliphatic rings. The highest BCUT2D eigenvalue weighted by atomic mass is 16.5. The Morgan fingerprint density at radius 1 is 1.11 bits per heavy atom. The topological polar surface area (TPSA) is 102 Å². The fraction of sp³-hybridized carbons (Fsp3) is 0.263. The van der Waals surface area contributed by atoms with Crippen LogP contribution in [-0.2, 0) is 9.59 Å². The van der Waals surface area contributed by atoms with Crippen LogP contribution in [0.4, 0.5) is 5.82 Å². The van der Waals surface area contributed by atoms with Crippen molar-refractivity contribution in [3.8, 4) is 11.5 Å². The minimum absolute atomic E-state index is 0.283. The molecule has 2 aromatic rings. The summed E-state index contributed by atoms with van der Waals surface area (Å²) in [6.07, 6.45) is 3.81. The Kier molecular flexibility index (Phi) is 7.77. The molecule has 142 valence electrons. The molecule has 0 saturated heterocycles. The summed E-state index contributed by atoms with van der Waals surface area (Å²) >= 11 is 0. The molecule has 1 heterocycles. The molecule has 27 heavy (non-hydrogen) atoms. The molecule has 0 bridgehead atoms. The highest BCUT2D eigenvalue weighted by molar-refractivity contribution is 6.39. The number of benzene rings is 1. The third kappa shape index (κ3) is 6.43. The molecular formula is C19H22N4O4. The number of nitrogens with one attached hydrogen (secondary N) is 2. The molecule has 1 aromatic carbocycles. The summed E-state index contributed by atoms with van der Waals surface area (Å²) in [5, 5.41) is 6.17. The maximum absolute atomic E-state index is 11.8. The maximum atomic E-state index is 11.8. The van der Waals surface area contributed by atoms with E-state index >= 15 is 0 Å². The first-order chi connectivity index (χ1) is 13.1. The van der Waals surface area contributed by atoms with Crippen molar-refractivity contribution in [3.63, 3.8) is 0 Å². The molecule has 8 nitrogen and oxygen atoms in total. The number of ether oxygens (including phenoxy) is 2. The van der Waals surface area contributed by atoms with E-state index in [1.165, 1.54) is 12.4 Å². The quantitative estimate of drug-likeness (QED) is 0.422. The lowest BCUT2D eigenvalue weighted by Crippen LogP contribution is -2.32. The van der Waals surface area contributed by atoms with Crippen LogP contribution in [0.3, 0.4) is 0 Å². The number of nitrogens with zero attached hydrogens (tertiary/aromatic N) is 2. The zero-order valence-corrected chi connectivity index (χ0v) is 15.3. The standard InChI is InChI=1S/C19H22N4O4/c1-3-11-27-15-9-8-14(12-16(15)26-4-2)13-21-23-19(25)18(24)22-17-7-5-6-10-20-17/h5-10,12-13H,3-4,11H2,1-2H3,(H,23,25)(H,20,22,24)/b21-13+. The Hall–Kier alpha value is -3.42. The normalized spacial score (nSPS) is 10.4. The molecule has 0 fully saturated rings. The number of hydrogen-bond donors (Lipinski definition) is 2. The second kappa shape index (κ2) is 10.5. The molecule has 8 heteroatoms. The lowest BCUT2D eigenvalue weighted by Gasteiger charge is -2.11. The molecule has 0 saturated carbocycles. The van der Waals surface area contributed by atoms with Crippen molar-refractivity contribution < 1.29 is 19.1 Å². The lowest BCUT2D eigenvalue weighted by atomic mass is 10.2. The molecule has 0 aliphatic carbocycles. The molecule has 1 aromatic heterocycles. The molecular weight excluding hydrogens is 348 g/mol. The van der Waals surface area contributed by atoms with Crippen molar-refractivity contribution in [1.29, 1.82) is 0 Å². The average Bonchev–Trinajstić information content (AvgIpc) is 2.68. The monoisotopic (exact) mass is 370 g/mol. The first-order valence-electron chi connectivity index (χ1n) is 8.59. The van der Waals surface area contributed by atoms with E-state index in [1.807, 2.05) is 13.8 Å². The van der Waals surface area contributed by atoms with E-state index in [0.29, 0.717) is 30.3 Å². The Morgan fingerprint density at radius 2 is 1.96 bits per heavy atom. The zero-order chi connectivity index (χ0) is 19.5. The van der Waals surface area contributed by atoms with Gasteiger partial charge in [-0.1, -0.05) is 13.0 Å². The minimum Gasteiger partial charge on any atom is -0.490 e. The van der Waals surface area contributed by atoms with Crippen LogP contribution in [-0.4, -0.2) is 36.2 Å². The minimum atomic E-state index is -0.898. The van der Waals surface area contributed by atoms with E-state index in [1.54, 1.807) is 36.4 Å². The fourth-order valence-electron chi connectivity index (χ4n) is 2.03. The van der Waals surface area contributed by atoms with E-state index in [9.17, 15) is 9.59 Å². The van der Waals surface area contributed by atoms with Gasteiger partial charge in [0, 0.05) is 6.20 Å². The van der Waals surface area contributed by atoms with E-state index in [0.717, 1.165) is 6.42 Å². The summed E-state index contributed by atoms with van der Waals surface area (Å²) in [4.78, 5) is 27.4. The highest BCUT2D eigenvalue weighted by Gasteiger charge is 2.13. The van der Waals surface area contributed by atoms with Crippen LogP contribution < -0.4 is 20.2 Å². The van der Waals surface area contributed by atoms with Gasteiger partial charge in [0.1, 0.15) is 5.82 Å². The van der Waals surface area contributed by atoms with Crippen LogP contribution in [0.15, 0.2) is 47.7 Å². The smallest absolute Gasteiger partial charge is 0.329 e. The SMILES string of the molecule is CCCOc1ccc(/C=N/NC(=O)C(=O)Nc2ccccn2)cc1OCC. The van der Waals surface area contributed by atoms with E-state index < -0.39 is 11.8 Å². The van der Waals surface area contributed by atoms with Gasteiger partial charge >= 0.3 is 11.8 Å². The number of hydrazone groups is 1. The number of carbonyl (C=O) groups is 2. The summed E-state index contributed by atoms with van der Waals surface area (Å²) < 4.78 is 11.2. The fourth-order valence-corrected chi connectivity index (χ4v) is 2.03. The number of pyridine rings is 1. The highest BCUT2D eigenvalue weighted by Crippen LogP contribution is 2.28. The van der Waals surface area contributed by atoms with Gasteiger partial charge in [0.05, 0.1) is 19.4 Å². The van der Waals surface area contributed by atoms with Crippen molar-refractivity contribution in [3.05, 3.63) is 48.2 Å². The Morgan fingerprint density at radius 3 is 2.67 bits per heavy atom. The van der Waals surface area contributed by atoms with E-state index in [4.69, 9.17) is 9.47 Å². The van der Waals surface area contributed by atoms with Crippen LogP contribution in [0.5, 0.6) is 11.5 Å². The number of rotatable bonds is 8. The van der Waals surface area contributed by atoms with Gasteiger partial charge in [0.2, 0.25) is 0 Å². The predicted octanol–water partition coefficient (Wildman–Crippen LogP) is 2.36. The number of amides is 2. The number of hydrogen-bond acceptors (Lipinski definition) is 6. The number of aromatic nitrogens is 1. The van der Waals surface area contributed by atoms with Crippen molar-refractivity contribution in [2.24, 2.45) is 5.10 Å². The van der Waals surface area contributed by atoms with E-state index in [2.05, 4.69) is 20.8 Å². The third-order valence-corrected chi connectivity index (χ3v) is 3.22. The molecule has 0 aliphatic heterocycles. The predicted molar refractivity (Wildman–Crippen MR) is 102 cm³/mol. The van der Waals surface area contributed by atoms with Crippen molar-refractivity contribution in [2.45, 2.75) is 20.3 Å². The van der Waals surface area contributed by atoms with E-state index in [-0.39, 0.29) is 5.82 Å². The Balaban J connectivity index is 1.95. The summed E-state index contributed by atoms with van der Waals surface area (Å²) in [5.41, 5.74) is 2.86. The Labute approximate surface area is 157 Å². The number of anilines is 1. The molecule has 0 spiro atoms. The second-order valence-electron chi connectivity index (χ2n) is 5.36. The summed E-state index contributed by atoms with van der Waals surface area (Å²) in [7, 11) is 0. The van der Waals surface area contributed by atoms with Crippen LogP contribution in [0.1, 0.15) is 25.8 Å². The van der Waals surface area contributed by atoms with Gasteiger partial charge in [-0.25, -0.2) is 10.4 Å².